The molecule has 1 aliphatic heterocycles. The van der Waals surface area contributed by atoms with Crippen LogP contribution in [0.2, 0.25) is 0 Å². The van der Waals surface area contributed by atoms with E-state index < -0.39 is 0 Å². The van der Waals surface area contributed by atoms with Gasteiger partial charge in [0.15, 0.2) is 0 Å². The Morgan fingerprint density at radius 2 is 2.22 bits per heavy atom. The highest BCUT2D eigenvalue weighted by Crippen LogP contribution is 2.28. The number of methoxy groups -OCH3 is 1. The quantitative estimate of drug-likeness (QED) is 0.827. The Hall–Kier alpha value is -1.55. The summed E-state index contributed by atoms with van der Waals surface area (Å²) in [5.74, 6) is 0.735. The van der Waals surface area contributed by atoms with Crippen molar-refractivity contribution < 1.29 is 14.3 Å². The molecule has 0 aromatic heterocycles. The van der Waals surface area contributed by atoms with Gasteiger partial charge in [0, 0.05) is 12.5 Å². The first-order valence-corrected chi connectivity index (χ1v) is 6.21. The number of carbonyl (C=O) groups excluding carboxylic acids is 1. The molecule has 1 N–H and O–H groups in total. The van der Waals surface area contributed by atoms with Gasteiger partial charge in [-0.15, -0.1) is 0 Å². The molecule has 18 heavy (non-hydrogen) atoms. The number of hydrogen-bond acceptors (Lipinski definition) is 4. The van der Waals surface area contributed by atoms with E-state index in [-0.39, 0.29) is 18.1 Å². The van der Waals surface area contributed by atoms with E-state index in [1.165, 1.54) is 12.7 Å². The second-order valence-corrected chi connectivity index (χ2v) is 4.60. The minimum Gasteiger partial charge on any atom is -0.493 e. The van der Waals surface area contributed by atoms with Crippen molar-refractivity contribution in [2.45, 2.75) is 32.4 Å². The molecule has 0 aliphatic carbocycles. The highest BCUT2D eigenvalue weighted by atomic mass is 16.5. The molecule has 2 rings (SSSR count). The summed E-state index contributed by atoms with van der Waals surface area (Å²) in [5.41, 5.74) is 2.40. The van der Waals surface area contributed by atoms with E-state index in [1.54, 1.807) is 6.92 Å². The molecule has 0 radical (unpaired) electrons. The lowest BCUT2D eigenvalue weighted by atomic mass is 10.0. The summed E-state index contributed by atoms with van der Waals surface area (Å²) in [6, 6.07) is 5.97. The summed E-state index contributed by atoms with van der Waals surface area (Å²) in [5, 5.41) is 3.22. The van der Waals surface area contributed by atoms with E-state index in [0.717, 1.165) is 24.3 Å². The van der Waals surface area contributed by atoms with Gasteiger partial charge in [0.2, 0.25) is 0 Å². The molecule has 1 aromatic carbocycles. The largest absolute Gasteiger partial charge is 0.493 e. The number of fused-ring (bicyclic) bond motifs is 1. The molecule has 0 amide bonds. The van der Waals surface area contributed by atoms with Gasteiger partial charge in [0.05, 0.1) is 13.7 Å². The maximum absolute atomic E-state index is 11.4. The molecule has 1 aromatic rings. The predicted molar refractivity (Wildman–Crippen MR) is 68.7 cm³/mol. The highest BCUT2D eigenvalue weighted by molar-refractivity contribution is 5.75. The van der Waals surface area contributed by atoms with Gasteiger partial charge in [-0.2, -0.15) is 0 Å². The zero-order valence-electron chi connectivity index (χ0n) is 11.0. The van der Waals surface area contributed by atoms with Crippen LogP contribution < -0.4 is 10.1 Å². The Morgan fingerprint density at radius 1 is 1.44 bits per heavy atom. The van der Waals surface area contributed by atoms with Gasteiger partial charge in [-0.1, -0.05) is 12.1 Å². The topological polar surface area (TPSA) is 47.6 Å². The minimum atomic E-state index is -0.311. The summed E-state index contributed by atoms with van der Waals surface area (Å²) in [6.07, 6.45) is 0.961. The number of nitrogens with one attached hydrogen (secondary N) is 1. The van der Waals surface area contributed by atoms with Crippen LogP contribution in [-0.4, -0.2) is 25.7 Å². The van der Waals surface area contributed by atoms with Crippen molar-refractivity contribution in [1.29, 1.82) is 0 Å². The third-order valence-electron chi connectivity index (χ3n) is 3.27. The molecule has 0 saturated heterocycles. The first-order chi connectivity index (χ1) is 8.61. The first-order valence-electron chi connectivity index (χ1n) is 6.21. The van der Waals surface area contributed by atoms with E-state index in [1.807, 2.05) is 19.1 Å². The lowest BCUT2D eigenvalue weighted by Gasteiger charge is -2.19. The van der Waals surface area contributed by atoms with Crippen LogP contribution in [0.4, 0.5) is 0 Å². The van der Waals surface area contributed by atoms with Gasteiger partial charge in [-0.05, 0) is 31.0 Å². The average Bonchev–Trinajstić information content (AvgIpc) is 2.84. The van der Waals surface area contributed by atoms with Crippen LogP contribution in [0.1, 0.15) is 31.0 Å². The first kappa shape index (κ1) is 12.9. The maximum atomic E-state index is 11.4. The smallest absolute Gasteiger partial charge is 0.322 e. The maximum Gasteiger partial charge on any atom is 0.322 e. The van der Waals surface area contributed by atoms with E-state index in [4.69, 9.17) is 9.47 Å². The summed E-state index contributed by atoms with van der Waals surface area (Å²) in [4.78, 5) is 11.4. The zero-order valence-corrected chi connectivity index (χ0v) is 11.0. The summed E-state index contributed by atoms with van der Waals surface area (Å²) >= 11 is 0. The molecule has 1 unspecified atom stereocenters. The Morgan fingerprint density at radius 3 is 2.94 bits per heavy atom. The van der Waals surface area contributed by atoms with Gasteiger partial charge in [0.1, 0.15) is 11.8 Å². The van der Waals surface area contributed by atoms with Crippen molar-refractivity contribution in [2.75, 3.05) is 13.7 Å². The van der Waals surface area contributed by atoms with E-state index in [0.29, 0.717) is 0 Å². The summed E-state index contributed by atoms with van der Waals surface area (Å²) in [7, 11) is 1.40. The SMILES string of the molecule is COC(=O)[C@H](C)NC(C)c1ccc2c(c1)CCO2. The molecule has 2 atom stereocenters. The number of benzene rings is 1. The van der Waals surface area contributed by atoms with Gasteiger partial charge < -0.3 is 9.47 Å². The minimum absolute atomic E-state index is 0.102. The molecule has 1 heterocycles. The van der Waals surface area contributed by atoms with Crippen molar-refractivity contribution in [3.63, 3.8) is 0 Å². The molecule has 0 spiro atoms. The lowest BCUT2D eigenvalue weighted by Crippen LogP contribution is -2.36. The number of rotatable bonds is 4. The summed E-state index contributed by atoms with van der Waals surface area (Å²) < 4.78 is 10.2. The van der Waals surface area contributed by atoms with Crippen molar-refractivity contribution in [1.82, 2.24) is 5.32 Å². The third-order valence-corrected chi connectivity index (χ3v) is 3.27. The van der Waals surface area contributed by atoms with Crippen LogP contribution in [0, 0.1) is 0 Å². The van der Waals surface area contributed by atoms with E-state index in [9.17, 15) is 4.79 Å². The molecular weight excluding hydrogens is 230 g/mol. The molecule has 4 nitrogen and oxygen atoms in total. The monoisotopic (exact) mass is 249 g/mol. The Labute approximate surface area is 107 Å². The third kappa shape index (κ3) is 2.64. The fraction of sp³-hybridized carbons (Fsp3) is 0.500. The van der Waals surface area contributed by atoms with Gasteiger partial charge in [0.25, 0.3) is 0 Å². The van der Waals surface area contributed by atoms with Crippen molar-refractivity contribution in [2.24, 2.45) is 0 Å². The fourth-order valence-electron chi connectivity index (χ4n) is 2.19. The normalized spacial score (nSPS) is 16.6. The van der Waals surface area contributed by atoms with E-state index >= 15 is 0 Å². The highest BCUT2D eigenvalue weighted by Gasteiger charge is 2.18. The van der Waals surface area contributed by atoms with Crippen molar-refractivity contribution in [3.05, 3.63) is 29.3 Å². The zero-order chi connectivity index (χ0) is 13.1. The van der Waals surface area contributed by atoms with Crippen LogP contribution in [-0.2, 0) is 16.0 Å². The molecular formula is C14H19NO3. The molecule has 0 saturated carbocycles. The standard InChI is InChI=1S/C14H19NO3/c1-9(15-10(2)14(16)17-3)11-4-5-13-12(8-11)6-7-18-13/h4-5,8-10,15H,6-7H2,1-3H3/t9?,10-/m0/s1. The van der Waals surface area contributed by atoms with Gasteiger partial charge in [-0.25, -0.2) is 0 Å². The van der Waals surface area contributed by atoms with Crippen molar-refractivity contribution in [3.8, 4) is 5.75 Å². The van der Waals surface area contributed by atoms with Crippen LogP contribution in [0.25, 0.3) is 0 Å². The number of hydrogen-bond donors (Lipinski definition) is 1. The number of esters is 1. The van der Waals surface area contributed by atoms with Crippen molar-refractivity contribution >= 4 is 5.97 Å². The Kier molecular flexibility index (Phi) is 3.87. The number of carbonyl (C=O) groups is 1. The van der Waals surface area contributed by atoms with Gasteiger partial charge >= 0.3 is 5.97 Å². The second kappa shape index (κ2) is 5.40. The second-order valence-electron chi connectivity index (χ2n) is 4.60. The Balaban J connectivity index is 2.05. The van der Waals surface area contributed by atoms with E-state index in [2.05, 4.69) is 11.4 Å². The van der Waals surface area contributed by atoms with Crippen LogP contribution in [0.3, 0.4) is 0 Å². The lowest BCUT2D eigenvalue weighted by molar-refractivity contribution is -0.142. The fourth-order valence-corrected chi connectivity index (χ4v) is 2.19. The molecule has 4 heteroatoms. The molecule has 1 aliphatic rings. The van der Waals surface area contributed by atoms with Crippen LogP contribution in [0.15, 0.2) is 18.2 Å². The van der Waals surface area contributed by atoms with Crippen LogP contribution in [0.5, 0.6) is 5.75 Å². The molecule has 98 valence electrons. The Bertz CT molecular complexity index is 445. The number of ether oxygens (including phenoxy) is 2. The van der Waals surface area contributed by atoms with Gasteiger partial charge in [-0.3, -0.25) is 10.1 Å². The van der Waals surface area contributed by atoms with Crippen LogP contribution >= 0.6 is 0 Å². The molecule has 0 fully saturated rings. The average molecular weight is 249 g/mol. The summed E-state index contributed by atoms with van der Waals surface area (Å²) in [6.45, 7) is 4.61. The molecule has 0 bridgehead atoms. The predicted octanol–water partition coefficient (Wildman–Crippen LogP) is 1.83.